The number of piperidine rings is 1. The minimum atomic E-state index is -0.393. The molecule has 2 N–H and O–H groups in total. The van der Waals surface area contributed by atoms with Crippen molar-refractivity contribution in [3.05, 3.63) is 59.9 Å². The van der Waals surface area contributed by atoms with Gasteiger partial charge in [-0.3, -0.25) is 9.69 Å². The summed E-state index contributed by atoms with van der Waals surface area (Å²) in [6.07, 6.45) is 2.96. The van der Waals surface area contributed by atoms with Crippen LogP contribution in [0.3, 0.4) is 0 Å². The van der Waals surface area contributed by atoms with Crippen LogP contribution in [0.25, 0.3) is 11.4 Å². The fourth-order valence-electron chi connectivity index (χ4n) is 5.08. The van der Waals surface area contributed by atoms with Gasteiger partial charge in [-0.15, -0.1) is 5.10 Å². The van der Waals surface area contributed by atoms with Crippen molar-refractivity contribution in [2.75, 3.05) is 32.0 Å². The Kier molecular flexibility index (Phi) is 9.69. The molecule has 11 heteroatoms. The molecule has 0 radical (unpaired) electrons. The maximum absolute atomic E-state index is 13.5. The summed E-state index contributed by atoms with van der Waals surface area (Å²) in [5, 5.41) is 17.5. The van der Waals surface area contributed by atoms with Crippen LogP contribution in [0.2, 0.25) is 0 Å². The molecule has 2 heterocycles. The first kappa shape index (κ1) is 30.1. The van der Waals surface area contributed by atoms with Crippen molar-refractivity contribution in [1.82, 2.24) is 35.3 Å². The Morgan fingerprint density at radius 3 is 2.61 bits per heavy atom. The quantitative estimate of drug-likeness (QED) is 0.405. The van der Waals surface area contributed by atoms with E-state index in [4.69, 9.17) is 0 Å². The van der Waals surface area contributed by atoms with E-state index in [1.165, 1.54) is 12.1 Å². The Morgan fingerprint density at radius 2 is 1.93 bits per heavy atom. The summed E-state index contributed by atoms with van der Waals surface area (Å²) in [7, 11) is 3.75. The number of carbonyl (C=O) groups excluding carboxylic acids is 2. The predicted molar refractivity (Wildman–Crippen MR) is 157 cm³/mol. The molecule has 41 heavy (non-hydrogen) atoms. The zero-order valence-corrected chi connectivity index (χ0v) is 24.6. The molecule has 1 fully saturated rings. The number of tetrazole rings is 1. The number of carbonyl (C=O) groups is 2. The molecule has 2 atom stereocenters. The van der Waals surface area contributed by atoms with Crippen molar-refractivity contribution < 1.29 is 14.0 Å². The van der Waals surface area contributed by atoms with Gasteiger partial charge in [-0.2, -0.15) is 0 Å². The second-order valence-corrected chi connectivity index (χ2v) is 11.9. The molecule has 1 aromatic heterocycles. The molecular formula is C30H41FN8O2. The summed E-state index contributed by atoms with van der Waals surface area (Å²) in [5.74, 6) is 0.690. The molecule has 0 aliphatic carbocycles. The van der Waals surface area contributed by atoms with Crippen LogP contribution in [0.5, 0.6) is 0 Å². The smallest absolute Gasteiger partial charge is 0.319 e. The fraction of sp³-hybridized carbons (Fsp3) is 0.500. The van der Waals surface area contributed by atoms with Crippen LogP contribution >= 0.6 is 0 Å². The fourth-order valence-corrected chi connectivity index (χ4v) is 5.08. The molecule has 0 saturated carbocycles. The highest BCUT2D eigenvalue weighted by molar-refractivity contribution is 5.90. The zero-order valence-electron chi connectivity index (χ0n) is 24.6. The number of urea groups is 1. The van der Waals surface area contributed by atoms with Crippen LogP contribution in [0.15, 0.2) is 48.5 Å². The summed E-state index contributed by atoms with van der Waals surface area (Å²) >= 11 is 0. The van der Waals surface area contributed by atoms with Gasteiger partial charge >= 0.3 is 6.03 Å². The third-order valence-corrected chi connectivity index (χ3v) is 7.70. The number of anilines is 1. The Bertz CT molecular complexity index is 1320. The Hall–Kier alpha value is -3.86. The molecule has 1 saturated heterocycles. The van der Waals surface area contributed by atoms with Crippen molar-refractivity contribution in [2.24, 2.45) is 13.0 Å². The van der Waals surface area contributed by atoms with Crippen LogP contribution in [0.1, 0.15) is 45.6 Å². The Labute approximate surface area is 241 Å². The van der Waals surface area contributed by atoms with Gasteiger partial charge in [0.2, 0.25) is 5.91 Å². The van der Waals surface area contributed by atoms with E-state index in [1.807, 2.05) is 42.3 Å². The van der Waals surface area contributed by atoms with Gasteiger partial charge in [0.1, 0.15) is 5.82 Å². The van der Waals surface area contributed by atoms with Gasteiger partial charge in [0.25, 0.3) is 0 Å². The van der Waals surface area contributed by atoms with E-state index in [0.717, 1.165) is 30.4 Å². The summed E-state index contributed by atoms with van der Waals surface area (Å²) in [6.45, 7) is 8.18. The van der Waals surface area contributed by atoms with Gasteiger partial charge in [-0.05, 0) is 93.3 Å². The first-order valence-electron chi connectivity index (χ1n) is 14.1. The summed E-state index contributed by atoms with van der Waals surface area (Å²) in [6, 6.07) is 13.1. The summed E-state index contributed by atoms with van der Waals surface area (Å²) in [4.78, 5) is 30.7. The van der Waals surface area contributed by atoms with Crippen molar-refractivity contribution in [3.8, 4) is 11.4 Å². The number of halogens is 1. The van der Waals surface area contributed by atoms with Crippen LogP contribution in [-0.2, 0) is 18.3 Å². The predicted octanol–water partition coefficient (Wildman–Crippen LogP) is 4.11. The van der Waals surface area contributed by atoms with E-state index in [9.17, 15) is 14.0 Å². The molecule has 3 amide bonds. The van der Waals surface area contributed by atoms with E-state index in [2.05, 4.69) is 51.8 Å². The highest BCUT2D eigenvalue weighted by Crippen LogP contribution is 2.23. The number of benzene rings is 2. The molecular weight excluding hydrogens is 523 g/mol. The van der Waals surface area contributed by atoms with E-state index in [0.29, 0.717) is 37.1 Å². The topological polar surface area (TPSA) is 108 Å². The minimum Gasteiger partial charge on any atom is -0.342 e. The molecule has 4 rings (SSSR count). The lowest BCUT2D eigenvalue weighted by molar-refractivity contribution is -0.133. The number of hydrogen-bond acceptors (Lipinski definition) is 6. The number of rotatable bonds is 9. The lowest BCUT2D eigenvalue weighted by atomic mass is 9.91. The third-order valence-electron chi connectivity index (χ3n) is 7.70. The highest BCUT2D eigenvalue weighted by Gasteiger charge is 2.29. The Balaban J connectivity index is 1.40. The van der Waals surface area contributed by atoms with E-state index in [-0.39, 0.29) is 29.7 Å². The number of aromatic nitrogens is 4. The van der Waals surface area contributed by atoms with Crippen LogP contribution in [0, 0.1) is 11.7 Å². The van der Waals surface area contributed by atoms with Gasteiger partial charge < -0.3 is 15.5 Å². The Morgan fingerprint density at radius 1 is 1.17 bits per heavy atom. The van der Waals surface area contributed by atoms with E-state index < -0.39 is 6.04 Å². The molecule has 0 spiro atoms. The molecule has 1 aliphatic rings. The molecule has 0 bridgehead atoms. The lowest BCUT2D eigenvalue weighted by Crippen LogP contribution is -2.51. The van der Waals surface area contributed by atoms with Gasteiger partial charge in [0.05, 0.1) is 6.04 Å². The third kappa shape index (κ3) is 8.56. The van der Waals surface area contributed by atoms with Gasteiger partial charge in [0, 0.05) is 49.9 Å². The summed E-state index contributed by atoms with van der Waals surface area (Å²) in [5.41, 5.74) is 2.31. The largest absolute Gasteiger partial charge is 0.342 e. The van der Waals surface area contributed by atoms with Crippen molar-refractivity contribution in [2.45, 2.75) is 58.0 Å². The van der Waals surface area contributed by atoms with Gasteiger partial charge in [-0.1, -0.05) is 24.3 Å². The van der Waals surface area contributed by atoms with E-state index >= 15 is 0 Å². The average Bonchev–Trinajstić information content (AvgIpc) is 3.35. The number of amides is 3. The van der Waals surface area contributed by atoms with Crippen LogP contribution in [-0.4, -0.2) is 80.2 Å². The number of hydrogen-bond donors (Lipinski definition) is 2. The number of nitrogens with zero attached hydrogens (tertiary/aromatic N) is 6. The maximum Gasteiger partial charge on any atom is 0.319 e. The SMILES string of the molecule is CN(C[C@H](CC(=O)N1CCCC(Cc2ccc(F)cc2)C1)NC(=O)Nc1cccc(-c2nnnn2C)c1)C(C)(C)C. The molecule has 1 unspecified atom stereocenters. The standard InChI is InChI=1S/C30H41FN8O2/c1-30(2,3)37(4)20-26(33-29(41)32-25-10-6-9-23(17-25)28-34-35-36-38(28)5)18-27(40)39-15-7-8-22(19-39)16-21-11-13-24(31)14-12-21/h6,9-14,17,22,26H,7-8,15-16,18-20H2,1-5H3,(H2,32,33,41)/t22?,26-/m0/s1. The zero-order chi connectivity index (χ0) is 29.6. The molecule has 3 aromatic rings. The van der Waals surface area contributed by atoms with Gasteiger partial charge in [-0.25, -0.2) is 13.9 Å². The van der Waals surface area contributed by atoms with E-state index in [1.54, 1.807) is 17.8 Å². The average molecular weight is 565 g/mol. The lowest BCUT2D eigenvalue weighted by Gasteiger charge is -2.37. The van der Waals surface area contributed by atoms with Crippen molar-refractivity contribution in [3.63, 3.8) is 0 Å². The number of likely N-dealkylation sites (N-methyl/N-ethyl adjacent to an activating group) is 1. The molecule has 2 aromatic carbocycles. The number of aryl methyl sites for hydroxylation is 1. The molecule has 10 nitrogen and oxygen atoms in total. The second-order valence-electron chi connectivity index (χ2n) is 11.9. The maximum atomic E-state index is 13.5. The first-order valence-corrected chi connectivity index (χ1v) is 14.1. The number of nitrogens with one attached hydrogen (secondary N) is 2. The first-order chi connectivity index (χ1) is 19.5. The molecule has 220 valence electrons. The minimum absolute atomic E-state index is 0.0261. The highest BCUT2D eigenvalue weighted by atomic mass is 19.1. The van der Waals surface area contributed by atoms with Crippen LogP contribution < -0.4 is 10.6 Å². The number of likely N-dealkylation sites (tertiary alicyclic amines) is 1. The van der Waals surface area contributed by atoms with Crippen molar-refractivity contribution >= 4 is 17.6 Å². The summed E-state index contributed by atoms with van der Waals surface area (Å²) < 4.78 is 14.9. The normalized spacial score (nSPS) is 16.5. The monoisotopic (exact) mass is 564 g/mol. The van der Waals surface area contributed by atoms with Crippen molar-refractivity contribution in [1.29, 1.82) is 0 Å². The second kappa shape index (κ2) is 13.2. The van der Waals surface area contributed by atoms with Crippen LogP contribution in [0.4, 0.5) is 14.9 Å². The van der Waals surface area contributed by atoms with Gasteiger partial charge in [0.15, 0.2) is 5.82 Å². The molecule has 1 aliphatic heterocycles.